The lowest BCUT2D eigenvalue weighted by atomic mass is 10.0. The van der Waals surface area contributed by atoms with Gasteiger partial charge in [-0.15, -0.1) is 0 Å². The van der Waals surface area contributed by atoms with E-state index in [-0.39, 0.29) is 12.6 Å². The van der Waals surface area contributed by atoms with Crippen LogP contribution in [0.2, 0.25) is 0 Å². The molecule has 26 heavy (non-hydrogen) atoms. The molecule has 1 aromatic carbocycles. The zero-order valence-electron chi connectivity index (χ0n) is 15.7. The van der Waals surface area contributed by atoms with Gasteiger partial charge in [0.15, 0.2) is 12.8 Å². The molecule has 2 N–H and O–H groups in total. The first-order chi connectivity index (χ1) is 12.8. The molecule has 0 radical (unpaired) electrons. The van der Waals surface area contributed by atoms with Crippen LogP contribution in [0.3, 0.4) is 0 Å². The summed E-state index contributed by atoms with van der Waals surface area (Å²) in [5, 5.41) is 6.67. The highest BCUT2D eigenvalue weighted by Gasteiger charge is 2.17. The molecule has 0 aromatic heterocycles. The van der Waals surface area contributed by atoms with Gasteiger partial charge in [0.05, 0.1) is 6.61 Å². The van der Waals surface area contributed by atoms with Gasteiger partial charge >= 0.3 is 0 Å². The molecule has 0 spiro atoms. The molecule has 1 aromatic rings. The normalized spacial score (nSPS) is 17.7. The highest BCUT2D eigenvalue weighted by Crippen LogP contribution is 2.30. The van der Waals surface area contributed by atoms with E-state index in [0.29, 0.717) is 19.6 Å². The molecule has 0 saturated heterocycles. The summed E-state index contributed by atoms with van der Waals surface area (Å²) in [5.74, 6) is 2.24. The molecule has 0 unspecified atom stereocenters. The Bertz CT molecular complexity index is 615. The van der Waals surface area contributed by atoms with Crippen LogP contribution in [0.15, 0.2) is 17.1 Å². The van der Waals surface area contributed by atoms with Crippen LogP contribution in [-0.4, -0.2) is 32.9 Å². The summed E-state index contributed by atoms with van der Waals surface area (Å²) in [6.07, 6.45) is 8.76. The van der Waals surface area contributed by atoms with Crippen LogP contribution in [0.4, 0.5) is 4.39 Å². The number of aliphatic imine (C=N–C) groups is 1. The van der Waals surface area contributed by atoms with Gasteiger partial charge in [-0.2, -0.15) is 0 Å². The van der Waals surface area contributed by atoms with E-state index < -0.39 is 0 Å². The third-order valence-corrected chi connectivity index (χ3v) is 5.22. The van der Waals surface area contributed by atoms with Crippen molar-refractivity contribution in [2.45, 2.75) is 51.6 Å². The maximum absolute atomic E-state index is 13.8. The summed E-state index contributed by atoms with van der Waals surface area (Å²) < 4.78 is 24.6. The van der Waals surface area contributed by atoms with Gasteiger partial charge in [0.2, 0.25) is 0 Å². The van der Waals surface area contributed by atoms with E-state index in [2.05, 4.69) is 15.6 Å². The molecule has 1 fully saturated rings. The van der Waals surface area contributed by atoms with Crippen molar-refractivity contribution in [3.8, 4) is 5.75 Å². The van der Waals surface area contributed by atoms with Crippen molar-refractivity contribution >= 4 is 5.96 Å². The van der Waals surface area contributed by atoms with Crippen molar-refractivity contribution in [3.05, 3.63) is 29.1 Å². The Kier molecular flexibility index (Phi) is 7.12. The van der Waals surface area contributed by atoms with E-state index in [1.54, 1.807) is 13.1 Å². The predicted octanol–water partition coefficient (Wildman–Crippen LogP) is 3.37. The van der Waals surface area contributed by atoms with Crippen LogP contribution in [0.5, 0.6) is 5.75 Å². The minimum atomic E-state index is -0.248. The van der Waals surface area contributed by atoms with E-state index in [1.807, 2.05) is 0 Å². The minimum absolute atomic E-state index is 0.225. The number of fused-ring (bicyclic) bond motifs is 1. The molecule has 3 rings (SSSR count). The number of hydrogen-bond acceptors (Lipinski definition) is 3. The predicted molar refractivity (Wildman–Crippen MR) is 101 cm³/mol. The monoisotopic (exact) mass is 363 g/mol. The van der Waals surface area contributed by atoms with Crippen molar-refractivity contribution in [3.63, 3.8) is 0 Å². The number of nitrogens with one attached hydrogen (secondary N) is 2. The third-order valence-electron chi connectivity index (χ3n) is 5.22. The number of rotatable bonds is 7. The topological polar surface area (TPSA) is 54.9 Å². The molecule has 1 saturated carbocycles. The molecule has 6 heteroatoms. The number of benzene rings is 1. The van der Waals surface area contributed by atoms with Crippen LogP contribution in [0, 0.1) is 11.7 Å². The van der Waals surface area contributed by atoms with Gasteiger partial charge in [0.1, 0.15) is 11.6 Å². The fourth-order valence-corrected chi connectivity index (χ4v) is 3.88. The molecule has 1 aliphatic heterocycles. The molecule has 1 heterocycles. The summed E-state index contributed by atoms with van der Waals surface area (Å²) in [7, 11) is 1.77. The summed E-state index contributed by atoms with van der Waals surface area (Å²) in [4.78, 5) is 4.26. The second kappa shape index (κ2) is 9.76. The molecular weight excluding hydrogens is 333 g/mol. The van der Waals surface area contributed by atoms with Gasteiger partial charge in [0, 0.05) is 25.7 Å². The fourth-order valence-electron chi connectivity index (χ4n) is 3.88. The van der Waals surface area contributed by atoms with Crippen molar-refractivity contribution in [1.29, 1.82) is 0 Å². The number of halogens is 1. The Morgan fingerprint density at radius 1 is 1.23 bits per heavy atom. The Hall–Kier alpha value is -1.82. The van der Waals surface area contributed by atoms with E-state index >= 15 is 0 Å². The van der Waals surface area contributed by atoms with Crippen LogP contribution in [0.1, 0.15) is 49.7 Å². The van der Waals surface area contributed by atoms with Crippen molar-refractivity contribution in [1.82, 2.24) is 10.6 Å². The average Bonchev–Trinajstić information content (AvgIpc) is 3.17. The van der Waals surface area contributed by atoms with Crippen LogP contribution in [0.25, 0.3) is 0 Å². The van der Waals surface area contributed by atoms with Crippen molar-refractivity contribution in [2.24, 2.45) is 10.9 Å². The molecule has 2 aliphatic rings. The Labute approximate surface area is 155 Å². The number of ether oxygens (including phenoxy) is 2. The van der Waals surface area contributed by atoms with Gasteiger partial charge < -0.3 is 20.1 Å². The van der Waals surface area contributed by atoms with Crippen molar-refractivity contribution < 1.29 is 13.9 Å². The van der Waals surface area contributed by atoms with Gasteiger partial charge in [-0.3, -0.25) is 4.99 Å². The molecule has 0 amide bonds. The second-order valence-electron chi connectivity index (χ2n) is 7.13. The Balaban J connectivity index is 1.41. The lowest BCUT2D eigenvalue weighted by molar-refractivity contribution is -0.0172. The van der Waals surface area contributed by atoms with Gasteiger partial charge in [-0.25, -0.2) is 4.39 Å². The standard InChI is InChI=1S/C20H30FN3O2/c1-22-20(23-9-4-7-15-5-2-3-6-15)24-10-8-16-11-18(21)12-17-13-25-14-26-19(16)17/h11-12,15H,2-10,13-14H2,1H3,(H2,22,23,24). The number of guanidine groups is 1. The minimum Gasteiger partial charge on any atom is -0.467 e. The fraction of sp³-hybridized carbons (Fsp3) is 0.650. The number of nitrogens with zero attached hydrogens (tertiary/aromatic N) is 1. The molecule has 5 nitrogen and oxygen atoms in total. The molecule has 1 aliphatic carbocycles. The highest BCUT2D eigenvalue weighted by atomic mass is 19.1. The van der Waals surface area contributed by atoms with Crippen LogP contribution >= 0.6 is 0 Å². The summed E-state index contributed by atoms with van der Waals surface area (Å²) in [5.41, 5.74) is 1.65. The first-order valence-electron chi connectivity index (χ1n) is 9.72. The smallest absolute Gasteiger partial charge is 0.190 e. The lowest BCUT2D eigenvalue weighted by Crippen LogP contribution is -2.38. The average molecular weight is 363 g/mol. The van der Waals surface area contributed by atoms with E-state index in [4.69, 9.17) is 9.47 Å². The van der Waals surface area contributed by atoms with Crippen molar-refractivity contribution in [2.75, 3.05) is 26.9 Å². The molecule has 144 valence electrons. The maximum Gasteiger partial charge on any atom is 0.190 e. The molecule has 0 bridgehead atoms. The maximum atomic E-state index is 13.8. The number of hydrogen-bond donors (Lipinski definition) is 2. The lowest BCUT2D eigenvalue weighted by Gasteiger charge is -2.21. The zero-order valence-corrected chi connectivity index (χ0v) is 15.7. The Morgan fingerprint density at radius 2 is 2.04 bits per heavy atom. The summed E-state index contributed by atoms with van der Waals surface area (Å²) >= 11 is 0. The first-order valence-corrected chi connectivity index (χ1v) is 9.72. The first kappa shape index (κ1) is 19.0. The zero-order chi connectivity index (χ0) is 18.2. The van der Waals surface area contributed by atoms with E-state index in [0.717, 1.165) is 35.3 Å². The quantitative estimate of drug-likeness (QED) is 0.443. The van der Waals surface area contributed by atoms with Gasteiger partial charge in [0.25, 0.3) is 0 Å². The Morgan fingerprint density at radius 3 is 2.85 bits per heavy atom. The highest BCUT2D eigenvalue weighted by molar-refractivity contribution is 5.79. The second-order valence-corrected chi connectivity index (χ2v) is 7.13. The third kappa shape index (κ3) is 5.34. The van der Waals surface area contributed by atoms with Gasteiger partial charge in [-0.05, 0) is 42.9 Å². The molecular formula is C20H30FN3O2. The van der Waals surface area contributed by atoms with E-state index in [1.165, 1.54) is 44.6 Å². The van der Waals surface area contributed by atoms with Crippen LogP contribution in [-0.2, 0) is 17.8 Å². The SMILES string of the molecule is CN=C(NCCCC1CCCC1)NCCc1cc(F)cc2c1OCOC2. The molecule has 0 atom stereocenters. The summed E-state index contributed by atoms with van der Waals surface area (Å²) in [6.45, 7) is 2.23. The van der Waals surface area contributed by atoms with Crippen LogP contribution < -0.4 is 15.4 Å². The van der Waals surface area contributed by atoms with Gasteiger partial charge in [-0.1, -0.05) is 25.7 Å². The summed E-state index contributed by atoms with van der Waals surface area (Å²) in [6, 6.07) is 3.03. The largest absolute Gasteiger partial charge is 0.467 e. The van der Waals surface area contributed by atoms with E-state index in [9.17, 15) is 4.39 Å².